The highest BCUT2D eigenvalue weighted by atomic mass is 32.2. The van der Waals surface area contributed by atoms with E-state index in [2.05, 4.69) is 10.6 Å². The van der Waals surface area contributed by atoms with Crippen molar-refractivity contribution in [2.75, 3.05) is 22.1 Å². The Morgan fingerprint density at radius 1 is 1.17 bits per heavy atom. The van der Waals surface area contributed by atoms with Gasteiger partial charge in [-0.3, -0.25) is 9.59 Å². The molecule has 0 aliphatic carbocycles. The number of rotatable bonds is 5. The van der Waals surface area contributed by atoms with Crippen LogP contribution in [-0.2, 0) is 19.4 Å². The Morgan fingerprint density at radius 3 is 2.55 bits per heavy atom. The van der Waals surface area contributed by atoms with Crippen molar-refractivity contribution in [3.05, 3.63) is 47.5 Å². The average molecular weight is 433 g/mol. The van der Waals surface area contributed by atoms with E-state index in [-0.39, 0.29) is 34.8 Å². The van der Waals surface area contributed by atoms with Gasteiger partial charge >= 0.3 is 0 Å². The van der Waals surface area contributed by atoms with Crippen molar-refractivity contribution in [2.45, 2.75) is 37.0 Å². The smallest absolute Gasteiger partial charge is 0.228 e. The first-order valence-corrected chi connectivity index (χ1v) is 12.0. The number of benzene rings is 2. The van der Waals surface area contributed by atoms with Crippen molar-refractivity contribution in [1.82, 2.24) is 0 Å². The molecule has 0 bridgehead atoms. The van der Waals surface area contributed by atoms with E-state index in [0.29, 0.717) is 17.1 Å². The number of carbonyl (C=O) groups excluding carboxylic acids is 2. The minimum atomic E-state index is -3.66. The molecule has 0 radical (unpaired) electrons. The van der Waals surface area contributed by atoms with Crippen molar-refractivity contribution in [2.24, 2.45) is 5.92 Å². The number of carbonyl (C=O) groups is 2. The van der Waals surface area contributed by atoms with Crippen LogP contribution in [0.25, 0.3) is 0 Å². The number of anilines is 2. The number of thioether (sulfide) groups is 1. The molecule has 0 spiro atoms. The zero-order valence-corrected chi connectivity index (χ0v) is 18.2. The first kappa shape index (κ1) is 21.4. The van der Waals surface area contributed by atoms with E-state index in [4.69, 9.17) is 0 Å². The lowest BCUT2D eigenvalue weighted by molar-refractivity contribution is -0.118. The third kappa shape index (κ3) is 5.39. The van der Waals surface area contributed by atoms with E-state index in [1.807, 2.05) is 39.0 Å². The number of amides is 2. The summed E-state index contributed by atoms with van der Waals surface area (Å²) in [7, 11) is -3.66. The fraction of sp³-hybridized carbons (Fsp3) is 0.333. The zero-order chi connectivity index (χ0) is 21.2. The summed E-state index contributed by atoms with van der Waals surface area (Å²) in [6.07, 6.45) is -0.148. The molecule has 0 unspecified atom stereocenters. The zero-order valence-electron chi connectivity index (χ0n) is 16.6. The summed E-state index contributed by atoms with van der Waals surface area (Å²) in [5.74, 6) is -0.297. The lowest BCUT2D eigenvalue weighted by atomic mass is 10.1. The molecule has 8 heteroatoms. The second-order valence-electron chi connectivity index (χ2n) is 7.35. The van der Waals surface area contributed by atoms with Crippen molar-refractivity contribution in [1.29, 1.82) is 0 Å². The van der Waals surface area contributed by atoms with Gasteiger partial charge in [-0.05, 0) is 55.3 Å². The Morgan fingerprint density at radius 2 is 1.86 bits per heavy atom. The Bertz CT molecular complexity index is 1040. The molecule has 3 rings (SSSR count). The molecule has 1 aliphatic rings. The molecule has 2 aromatic rings. The highest BCUT2D eigenvalue weighted by Crippen LogP contribution is 2.34. The predicted octanol–water partition coefficient (Wildman–Crippen LogP) is 3.79. The fourth-order valence-electron chi connectivity index (χ4n) is 3.09. The summed E-state index contributed by atoms with van der Waals surface area (Å²) in [5, 5.41) is 5.54. The topological polar surface area (TPSA) is 92.3 Å². The maximum absolute atomic E-state index is 12.7. The van der Waals surface area contributed by atoms with Gasteiger partial charge in [0.05, 0.1) is 16.3 Å². The molecule has 154 valence electrons. The van der Waals surface area contributed by atoms with E-state index < -0.39 is 9.84 Å². The molecule has 0 saturated carbocycles. The van der Waals surface area contributed by atoms with Gasteiger partial charge in [-0.2, -0.15) is 0 Å². The monoisotopic (exact) mass is 432 g/mol. The minimum Gasteiger partial charge on any atom is -0.326 e. The number of hydrogen-bond donors (Lipinski definition) is 2. The lowest BCUT2D eigenvalue weighted by Crippen LogP contribution is -2.20. The molecule has 29 heavy (non-hydrogen) atoms. The summed E-state index contributed by atoms with van der Waals surface area (Å²) < 4.78 is 25.4. The molecule has 0 fully saturated rings. The summed E-state index contributed by atoms with van der Waals surface area (Å²) in [6.45, 7) is 5.70. The van der Waals surface area contributed by atoms with Gasteiger partial charge < -0.3 is 10.6 Å². The second-order valence-corrected chi connectivity index (χ2v) is 10.5. The van der Waals surface area contributed by atoms with Gasteiger partial charge in [-0.1, -0.05) is 13.0 Å². The second kappa shape index (κ2) is 8.59. The SMILES string of the molecule is Cc1cc(C)cc(NC(=O)CCS(=O)(=O)c2ccc3c(c2)NC(=O)[C@@H](C)CS3)c1. The highest BCUT2D eigenvalue weighted by molar-refractivity contribution is 7.99. The van der Waals surface area contributed by atoms with E-state index >= 15 is 0 Å². The summed E-state index contributed by atoms with van der Waals surface area (Å²) in [6, 6.07) is 10.4. The fourth-order valence-corrected chi connectivity index (χ4v) is 5.36. The summed E-state index contributed by atoms with van der Waals surface area (Å²) >= 11 is 1.52. The number of fused-ring (bicyclic) bond motifs is 1. The van der Waals surface area contributed by atoms with E-state index in [1.54, 1.807) is 6.07 Å². The Kier molecular flexibility index (Phi) is 6.33. The van der Waals surface area contributed by atoms with Crippen LogP contribution >= 0.6 is 11.8 Å². The van der Waals surface area contributed by atoms with Crippen LogP contribution < -0.4 is 10.6 Å². The normalized spacial score (nSPS) is 16.5. The van der Waals surface area contributed by atoms with Crippen molar-refractivity contribution >= 4 is 44.8 Å². The molecule has 1 atom stereocenters. The molecule has 6 nitrogen and oxygen atoms in total. The molecular formula is C21H24N2O4S2. The molecule has 1 heterocycles. The van der Waals surface area contributed by atoms with Crippen molar-refractivity contribution in [3.63, 3.8) is 0 Å². The maximum atomic E-state index is 12.7. The van der Waals surface area contributed by atoms with Gasteiger partial charge in [0.1, 0.15) is 0 Å². The summed E-state index contributed by atoms with van der Waals surface area (Å²) in [4.78, 5) is 25.2. The van der Waals surface area contributed by atoms with Crippen LogP contribution in [0, 0.1) is 19.8 Å². The molecular weight excluding hydrogens is 408 g/mol. The van der Waals surface area contributed by atoms with Gasteiger partial charge in [0.15, 0.2) is 9.84 Å². The first-order valence-electron chi connectivity index (χ1n) is 9.33. The highest BCUT2D eigenvalue weighted by Gasteiger charge is 2.23. The van der Waals surface area contributed by atoms with Crippen LogP contribution in [0.1, 0.15) is 24.5 Å². The van der Waals surface area contributed by atoms with Crippen LogP contribution in [-0.4, -0.2) is 31.7 Å². The third-order valence-electron chi connectivity index (χ3n) is 4.61. The van der Waals surface area contributed by atoms with Crippen LogP contribution in [0.3, 0.4) is 0 Å². The van der Waals surface area contributed by atoms with Gasteiger partial charge in [-0.15, -0.1) is 11.8 Å². The quantitative estimate of drug-likeness (QED) is 0.750. The standard InChI is InChI=1S/C21H24N2O4S2/c1-13-8-14(2)10-16(9-13)22-20(24)6-7-29(26,27)17-4-5-19-18(11-17)23-21(25)15(3)12-28-19/h4-5,8-11,15H,6-7,12H2,1-3H3,(H,22,24)(H,23,25)/t15-/m0/s1. The average Bonchev–Trinajstić information content (AvgIpc) is 2.77. The van der Waals surface area contributed by atoms with Gasteiger partial charge in [0.25, 0.3) is 0 Å². The van der Waals surface area contributed by atoms with Gasteiger partial charge in [0, 0.05) is 28.7 Å². The first-order chi connectivity index (χ1) is 13.6. The van der Waals surface area contributed by atoms with E-state index in [1.165, 1.54) is 23.9 Å². The van der Waals surface area contributed by atoms with Crippen LogP contribution in [0.15, 0.2) is 46.2 Å². The minimum absolute atomic E-state index is 0.103. The van der Waals surface area contributed by atoms with Crippen LogP contribution in [0.4, 0.5) is 11.4 Å². The third-order valence-corrected chi connectivity index (χ3v) is 7.66. The Labute approximate surface area is 175 Å². The largest absolute Gasteiger partial charge is 0.326 e. The van der Waals surface area contributed by atoms with Crippen molar-refractivity contribution in [3.8, 4) is 0 Å². The summed E-state index contributed by atoms with van der Waals surface area (Å²) in [5.41, 5.74) is 3.20. The molecule has 2 aromatic carbocycles. The molecule has 0 aromatic heterocycles. The number of sulfone groups is 1. The molecule has 1 aliphatic heterocycles. The predicted molar refractivity (Wildman–Crippen MR) is 116 cm³/mol. The molecule has 0 saturated heterocycles. The maximum Gasteiger partial charge on any atom is 0.228 e. The number of hydrogen-bond acceptors (Lipinski definition) is 5. The van der Waals surface area contributed by atoms with Crippen LogP contribution in [0.2, 0.25) is 0 Å². The number of nitrogens with one attached hydrogen (secondary N) is 2. The van der Waals surface area contributed by atoms with Crippen LogP contribution in [0.5, 0.6) is 0 Å². The Balaban J connectivity index is 1.69. The van der Waals surface area contributed by atoms with E-state index in [9.17, 15) is 18.0 Å². The van der Waals surface area contributed by atoms with Crippen molar-refractivity contribution < 1.29 is 18.0 Å². The lowest BCUT2D eigenvalue weighted by Gasteiger charge is -2.11. The molecule has 2 N–H and O–H groups in total. The van der Waals surface area contributed by atoms with E-state index in [0.717, 1.165) is 16.0 Å². The van der Waals surface area contributed by atoms with Gasteiger partial charge in [-0.25, -0.2) is 8.42 Å². The number of aryl methyl sites for hydroxylation is 2. The van der Waals surface area contributed by atoms with Gasteiger partial charge in [0.2, 0.25) is 11.8 Å². The molecule has 2 amide bonds. The Hall–Kier alpha value is -2.32.